The molecule has 0 bridgehead atoms. The second kappa shape index (κ2) is 6.86. The van der Waals surface area contributed by atoms with E-state index in [1.165, 1.54) is 0 Å². The molecule has 0 fully saturated rings. The zero-order chi connectivity index (χ0) is 13.6. The van der Waals surface area contributed by atoms with E-state index in [4.69, 9.17) is 21.4 Å². The van der Waals surface area contributed by atoms with Crippen LogP contribution in [0.4, 0.5) is 0 Å². The molecule has 1 aromatic heterocycles. The van der Waals surface area contributed by atoms with Crippen LogP contribution in [-0.4, -0.2) is 44.9 Å². The fraction of sp³-hybridized carbons (Fsp3) is 0.444. The molecule has 1 aromatic rings. The number of sulfonamides is 1. The van der Waals surface area contributed by atoms with Crippen LogP contribution in [0.3, 0.4) is 0 Å². The molecule has 0 aliphatic carbocycles. The van der Waals surface area contributed by atoms with Gasteiger partial charge in [-0.05, 0) is 6.07 Å². The van der Waals surface area contributed by atoms with Crippen LogP contribution in [0.15, 0.2) is 22.0 Å². The second-order valence-electron chi connectivity index (χ2n) is 3.25. The molecule has 0 spiro atoms. The number of H-pyrrole nitrogens is 1. The number of aromatic amines is 1. The Balaban J connectivity index is 2.63. The third kappa shape index (κ3) is 4.39. The first-order valence-corrected chi connectivity index (χ1v) is 6.90. The largest absolute Gasteiger partial charge is 0.394 e. The van der Waals surface area contributed by atoms with Gasteiger partial charge >= 0.3 is 0 Å². The topological polar surface area (TPSA) is 108 Å². The zero-order valence-electron chi connectivity index (χ0n) is 9.35. The van der Waals surface area contributed by atoms with Crippen LogP contribution >= 0.6 is 11.6 Å². The van der Waals surface area contributed by atoms with E-state index in [9.17, 15) is 13.2 Å². The van der Waals surface area contributed by atoms with Crippen molar-refractivity contribution in [1.82, 2.24) is 9.71 Å². The average molecular weight is 297 g/mol. The summed E-state index contributed by atoms with van der Waals surface area (Å²) < 4.78 is 30.6. The minimum atomic E-state index is -3.73. The molecule has 0 unspecified atom stereocenters. The third-order valence-corrected chi connectivity index (χ3v) is 3.64. The molecule has 102 valence electrons. The normalized spacial score (nSPS) is 11.7. The number of aliphatic hydroxyl groups is 1. The number of aliphatic hydroxyl groups excluding tert-OH is 1. The molecule has 0 aliphatic heterocycles. The third-order valence-electron chi connectivity index (χ3n) is 1.92. The molecule has 0 aliphatic rings. The highest BCUT2D eigenvalue weighted by molar-refractivity contribution is 7.89. The van der Waals surface area contributed by atoms with Gasteiger partial charge in [0.05, 0.1) is 24.7 Å². The molecule has 9 heteroatoms. The Morgan fingerprint density at radius 2 is 2.17 bits per heavy atom. The molecule has 1 heterocycles. The number of hydrogen-bond donors (Lipinski definition) is 3. The van der Waals surface area contributed by atoms with Crippen molar-refractivity contribution in [2.24, 2.45) is 0 Å². The monoisotopic (exact) mass is 296 g/mol. The van der Waals surface area contributed by atoms with E-state index in [1.54, 1.807) is 0 Å². The fourth-order valence-corrected chi connectivity index (χ4v) is 2.33. The van der Waals surface area contributed by atoms with E-state index in [0.29, 0.717) is 0 Å². The molecule has 7 nitrogen and oxygen atoms in total. The first-order chi connectivity index (χ1) is 8.47. The van der Waals surface area contributed by atoms with Gasteiger partial charge in [0.25, 0.3) is 5.56 Å². The van der Waals surface area contributed by atoms with E-state index in [1.807, 2.05) is 0 Å². The second-order valence-corrected chi connectivity index (χ2v) is 5.42. The number of aromatic nitrogens is 1. The van der Waals surface area contributed by atoms with Gasteiger partial charge in [-0.2, -0.15) is 0 Å². The summed E-state index contributed by atoms with van der Waals surface area (Å²) in [6.07, 6.45) is 1.06. The Morgan fingerprint density at radius 1 is 1.44 bits per heavy atom. The number of hydrogen-bond acceptors (Lipinski definition) is 5. The van der Waals surface area contributed by atoms with Crippen molar-refractivity contribution in [1.29, 1.82) is 0 Å². The van der Waals surface area contributed by atoms with Crippen molar-refractivity contribution in [2.75, 3.05) is 26.4 Å². The van der Waals surface area contributed by atoms with Crippen LogP contribution in [0.1, 0.15) is 0 Å². The Hall–Kier alpha value is -0.930. The van der Waals surface area contributed by atoms with E-state index in [2.05, 4.69) is 9.71 Å². The SMILES string of the molecule is O=c1[nH]cc(S(=O)(=O)NCCOCCO)cc1Cl. The standard InChI is InChI=1S/C9H13ClN2O5S/c10-8-5-7(6-11-9(8)14)18(15,16)12-1-3-17-4-2-13/h5-6,12-13H,1-4H2,(H,11,14). The van der Waals surface area contributed by atoms with Crippen LogP contribution in [0.5, 0.6) is 0 Å². The predicted molar refractivity (Wildman–Crippen MR) is 65.2 cm³/mol. The van der Waals surface area contributed by atoms with Gasteiger partial charge in [0.15, 0.2) is 0 Å². The van der Waals surface area contributed by atoms with Gasteiger partial charge in [-0.25, -0.2) is 13.1 Å². The molecule has 0 saturated heterocycles. The molecule has 3 N–H and O–H groups in total. The lowest BCUT2D eigenvalue weighted by molar-refractivity contribution is 0.0961. The van der Waals surface area contributed by atoms with Gasteiger partial charge < -0.3 is 14.8 Å². The lowest BCUT2D eigenvalue weighted by Crippen LogP contribution is -2.28. The number of rotatable bonds is 7. The van der Waals surface area contributed by atoms with Crippen molar-refractivity contribution in [3.8, 4) is 0 Å². The van der Waals surface area contributed by atoms with Crippen molar-refractivity contribution >= 4 is 21.6 Å². The van der Waals surface area contributed by atoms with Crippen molar-refractivity contribution in [3.05, 3.63) is 27.6 Å². The lowest BCUT2D eigenvalue weighted by atomic mass is 10.5. The Morgan fingerprint density at radius 3 is 2.78 bits per heavy atom. The molecule has 0 saturated carbocycles. The molecule has 0 radical (unpaired) electrons. The molecule has 0 aromatic carbocycles. The van der Waals surface area contributed by atoms with Crippen LogP contribution < -0.4 is 10.3 Å². The molecule has 18 heavy (non-hydrogen) atoms. The quantitative estimate of drug-likeness (QED) is 0.578. The van der Waals surface area contributed by atoms with Gasteiger partial charge in [-0.15, -0.1) is 0 Å². The molecular formula is C9H13ClN2O5S. The maximum absolute atomic E-state index is 11.7. The number of halogens is 1. The first kappa shape index (κ1) is 15.1. The van der Waals surface area contributed by atoms with Crippen LogP contribution in [0.2, 0.25) is 5.02 Å². The first-order valence-electron chi connectivity index (χ1n) is 5.04. The summed E-state index contributed by atoms with van der Waals surface area (Å²) in [4.78, 5) is 13.1. The Kier molecular flexibility index (Phi) is 5.76. The van der Waals surface area contributed by atoms with Crippen LogP contribution in [0.25, 0.3) is 0 Å². The maximum Gasteiger partial charge on any atom is 0.266 e. The van der Waals surface area contributed by atoms with Crippen molar-refractivity contribution in [3.63, 3.8) is 0 Å². The molecule has 0 amide bonds. The van der Waals surface area contributed by atoms with E-state index >= 15 is 0 Å². The molecule has 0 atom stereocenters. The van der Waals surface area contributed by atoms with Gasteiger partial charge in [0, 0.05) is 12.7 Å². The highest BCUT2D eigenvalue weighted by Gasteiger charge is 2.14. The average Bonchev–Trinajstić information content (AvgIpc) is 2.32. The summed E-state index contributed by atoms with van der Waals surface area (Å²) in [7, 11) is -3.73. The summed E-state index contributed by atoms with van der Waals surface area (Å²) in [5, 5.41) is 8.25. The molecular weight excluding hydrogens is 284 g/mol. The number of ether oxygens (including phenoxy) is 1. The summed E-state index contributed by atoms with van der Waals surface area (Å²) >= 11 is 5.53. The minimum absolute atomic E-state index is 0.0546. The summed E-state index contributed by atoms with van der Waals surface area (Å²) in [5.74, 6) is 0. The van der Waals surface area contributed by atoms with E-state index in [-0.39, 0.29) is 36.3 Å². The zero-order valence-corrected chi connectivity index (χ0v) is 10.9. The molecule has 1 rings (SSSR count). The van der Waals surface area contributed by atoms with Gasteiger partial charge in [0.2, 0.25) is 10.0 Å². The smallest absolute Gasteiger partial charge is 0.266 e. The van der Waals surface area contributed by atoms with Crippen molar-refractivity contribution < 1.29 is 18.3 Å². The fourth-order valence-electron chi connectivity index (χ4n) is 1.09. The highest BCUT2D eigenvalue weighted by atomic mass is 35.5. The Labute approximate surface area is 109 Å². The number of nitrogens with one attached hydrogen (secondary N) is 2. The van der Waals surface area contributed by atoms with Gasteiger partial charge in [-0.3, -0.25) is 4.79 Å². The van der Waals surface area contributed by atoms with Crippen molar-refractivity contribution in [2.45, 2.75) is 4.90 Å². The predicted octanol–water partition coefficient (Wildman–Crippen LogP) is -0.684. The van der Waals surface area contributed by atoms with E-state index in [0.717, 1.165) is 12.3 Å². The summed E-state index contributed by atoms with van der Waals surface area (Å²) in [5.41, 5.74) is -0.554. The van der Waals surface area contributed by atoms with E-state index < -0.39 is 15.6 Å². The lowest BCUT2D eigenvalue weighted by Gasteiger charge is -2.06. The minimum Gasteiger partial charge on any atom is -0.394 e. The van der Waals surface area contributed by atoms with Crippen LogP contribution in [0, 0.1) is 0 Å². The highest BCUT2D eigenvalue weighted by Crippen LogP contribution is 2.09. The van der Waals surface area contributed by atoms with Gasteiger partial charge in [-0.1, -0.05) is 11.6 Å². The number of pyridine rings is 1. The summed E-state index contributed by atoms with van der Waals surface area (Å²) in [6.45, 7) is 0.213. The van der Waals surface area contributed by atoms with Crippen LogP contribution in [-0.2, 0) is 14.8 Å². The summed E-state index contributed by atoms with van der Waals surface area (Å²) in [6, 6.07) is 1.07. The Bertz CT molecular complexity index is 542. The van der Waals surface area contributed by atoms with Gasteiger partial charge in [0.1, 0.15) is 5.02 Å². The maximum atomic E-state index is 11.7.